The van der Waals surface area contributed by atoms with E-state index in [1.165, 1.54) is 6.07 Å². The lowest BCUT2D eigenvalue weighted by atomic mass is 9.71. The number of aliphatic hydroxyl groups is 1. The van der Waals surface area contributed by atoms with Crippen molar-refractivity contribution in [1.29, 1.82) is 0 Å². The van der Waals surface area contributed by atoms with E-state index in [9.17, 15) is 24.3 Å². The van der Waals surface area contributed by atoms with Gasteiger partial charge in [-0.1, -0.05) is 18.2 Å². The van der Waals surface area contributed by atoms with Gasteiger partial charge in [-0.25, -0.2) is 4.79 Å². The van der Waals surface area contributed by atoms with Crippen molar-refractivity contribution in [2.24, 2.45) is 11.5 Å². The maximum atomic E-state index is 13.9. The van der Waals surface area contributed by atoms with E-state index in [1.54, 1.807) is 18.2 Å². The summed E-state index contributed by atoms with van der Waals surface area (Å²) < 4.78 is 15.9. The molecule has 1 aromatic carbocycles. The summed E-state index contributed by atoms with van der Waals surface area (Å²) in [7, 11) is 1.08. The molecular formula is C20H17N3O8. The molecule has 3 heterocycles. The SMILES string of the molecule is COC(=O)C1=C(N)Oc2c(oc(CO)cc2=O)[C@@]12C(=O)N(CC(N)=O)c1ccccc12. The van der Waals surface area contributed by atoms with Crippen LogP contribution in [0.3, 0.4) is 0 Å². The molecule has 0 fully saturated rings. The van der Waals surface area contributed by atoms with Crippen molar-refractivity contribution in [3.8, 4) is 5.75 Å². The van der Waals surface area contributed by atoms with Crippen LogP contribution in [0.4, 0.5) is 5.69 Å². The zero-order valence-corrected chi connectivity index (χ0v) is 16.2. The molecule has 31 heavy (non-hydrogen) atoms. The van der Waals surface area contributed by atoms with Gasteiger partial charge in [0.15, 0.2) is 11.2 Å². The average Bonchev–Trinajstić information content (AvgIpc) is 2.97. The van der Waals surface area contributed by atoms with Crippen LogP contribution in [-0.4, -0.2) is 36.5 Å². The monoisotopic (exact) mass is 427 g/mol. The van der Waals surface area contributed by atoms with Gasteiger partial charge in [0, 0.05) is 17.3 Å². The van der Waals surface area contributed by atoms with E-state index in [-0.39, 0.29) is 22.8 Å². The van der Waals surface area contributed by atoms with Crippen LogP contribution in [0.2, 0.25) is 0 Å². The van der Waals surface area contributed by atoms with Crippen LogP contribution in [0.1, 0.15) is 17.1 Å². The van der Waals surface area contributed by atoms with E-state index in [4.69, 9.17) is 25.4 Å². The third kappa shape index (κ3) is 2.63. The van der Waals surface area contributed by atoms with Crippen LogP contribution in [-0.2, 0) is 31.1 Å². The smallest absolute Gasteiger partial charge is 0.341 e. The van der Waals surface area contributed by atoms with Crippen LogP contribution >= 0.6 is 0 Å². The predicted molar refractivity (Wildman–Crippen MR) is 104 cm³/mol. The Kier molecular flexibility index (Phi) is 4.55. The lowest BCUT2D eigenvalue weighted by Crippen LogP contribution is -2.50. The highest BCUT2D eigenvalue weighted by Crippen LogP contribution is 2.54. The number of methoxy groups -OCH3 is 1. The number of fused-ring (bicyclic) bond motifs is 4. The predicted octanol–water partition coefficient (Wildman–Crippen LogP) is -1.01. The topological polar surface area (TPSA) is 175 Å². The Balaban J connectivity index is 2.17. The number of benzene rings is 1. The van der Waals surface area contributed by atoms with Crippen molar-refractivity contribution >= 4 is 23.5 Å². The van der Waals surface area contributed by atoms with Crippen molar-refractivity contribution < 1.29 is 33.4 Å². The van der Waals surface area contributed by atoms with Gasteiger partial charge in [-0.05, 0) is 6.07 Å². The molecule has 11 nitrogen and oxygen atoms in total. The van der Waals surface area contributed by atoms with Gasteiger partial charge in [0.25, 0.3) is 5.91 Å². The minimum absolute atomic E-state index is 0.171. The molecule has 2 aliphatic heterocycles. The fraction of sp³-hybridized carbons (Fsp3) is 0.200. The van der Waals surface area contributed by atoms with Crippen LogP contribution in [0.25, 0.3) is 0 Å². The molecule has 0 saturated heterocycles. The minimum atomic E-state index is -2.10. The number of nitrogens with zero attached hydrogens (tertiary/aromatic N) is 1. The number of rotatable bonds is 4. The number of aliphatic hydroxyl groups excluding tert-OH is 1. The molecule has 1 spiro atoms. The third-order valence-electron chi connectivity index (χ3n) is 5.15. The van der Waals surface area contributed by atoms with Gasteiger partial charge in [-0.3, -0.25) is 14.4 Å². The lowest BCUT2D eigenvalue weighted by molar-refractivity contribution is -0.138. The molecule has 11 heteroatoms. The van der Waals surface area contributed by atoms with Crippen LogP contribution in [0.15, 0.2) is 51.0 Å². The first-order chi connectivity index (χ1) is 14.8. The second kappa shape index (κ2) is 6.99. The molecule has 0 unspecified atom stereocenters. The number of primary amides is 1. The summed E-state index contributed by atoms with van der Waals surface area (Å²) in [6.45, 7) is -1.17. The molecule has 0 aliphatic carbocycles. The number of hydrogen-bond acceptors (Lipinski definition) is 9. The summed E-state index contributed by atoms with van der Waals surface area (Å²) in [6, 6.07) is 7.25. The van der Waals surface area contributed by atoms with Crippen LogP contribution < -0.4 is 26.5 Å². The molecule has 0 bridgehead atoms. The fourth-order valence-corrected chi connectivity index (χ4v) is 3.99. The van der Waals surface area contributed by atoms with E-state index in [2.05, 4.69) is 0 Å². The molecule has 1 aromatic heterocycles. The maximum Gasteiger partial charge on any atom is 0.341 e. The van der Waals surface area contributed by atoms with E-state index < -0.39 is 59.0 Å². The third-order valence-corrected chi connectivity index (χ3v) is 5.15. The molecule has 2 aliphatic rings. The Morgan fingerprint density at radius 2 is 1.97 bits per heavy atom. The summed E-state index contributed by atoms with van der Waals surface area (Å²) in [6.07, 6.45) is 0. The van der Waals surface area contributed by atoms with Crippen molar-refractivity contribution in [3.05, 3.63) is 69.1 Å². The molecule has 0 radical (unpaired) electrons. The largest absolute Gasteiger partial charge is 0.465 e. The van der Waals surface area contributed by atoms with Gasteiger partial charge in [0.05, 0.1) is 7.11 Å². The van der Waals surface area contributed by atoms with Gasteiger partial charge >= 0.3 is 5.97 Å². The number of anilines is 1. The maximum absolute atomic E-state index is 13.9. The molecular weight excluding hydrogens is 410 g/mol. The zero-order valence-electron chi connectivity index (χ0n) is 16.2. The highest BCUT2D eigenvalue weighted by Gasteiger charge is 2.63. The molecule has 2 aromatic rings. The van der Waals surface area contributed by atoms with Crippen molar-refractivity contribution in [2.75, 3.05) is 18.6 Å². The van der Waals surface area contributed by atoms with Crippen LogP contribution in [0, 0.1) is 0 Å². The van der Waals surface area contributed by atoms with E-state index >= 15 is 0 Å². The zero-order chi connectivity index (χ0) is 22.5. The van der Waals surface area contributed by atoms with E-state index in [1.807, 2.05) is 0 Å². The summed E-state index contributed by atoms with van der Waals surface area (Å²) in [5, 5.41) is 9.54. The number of carbonyl (C=O) groups is 3. The van der Waals surface area contributed by atoms with Gasteiger partial charge in [0.2, 0.25) is 23.0 Å². The van der Waals surface area contributed by atoms with Gasteiger partial charge in [-0.15, -0.1) is 0 Å². The molecule has 1 atom stereocenters. The number of ether oxygens (including phenoxy) is 2. The summed E-state index contributed by atoms with van der Waals surface area (Å²) in [4.78, 5) is 52.1. The molecule has 4 rings (SSSR count). The fourth-order valence-electron chi connectivity index (χ4n) is 3.99. The van der Waals surface area contributed by atoms with Crippen molar-refractivity contribution in [2.45, 2.75) is 12.0 Å². The number of carbonyl (C=O) groups excluding carboxylic acids is 3. The second-order valence-corrected chi connectivity index (χ2v) is 6.85. The Labute approximate surface area is 174 Å². The van der Waals surface area contributed by atoms with Gasteiger partial charge in [0.1, 0.15) is 24.5 Å². The number of amides is 2. The molecule has 5 N–H and O–H groups in total. The number of hydrogen-bond donors (Lipinski definition) is 3. The van der Waals surface area contributed by atoms with Crippen LogP contribution in [0.5, 0.6) is 5.75 Å². The first-order valence-corrected chi connectivity index (χ1v) is 9.01. The lowest BCUT2D eigenvalue weighted by Gasteiger charge is -2.34. The van der Waals surface area contributed by atoms with E-state index in [0.717, 1.165) is 18.1 Å². The summed E-state index contributed by atoms with van der Waals surface area (Å²) in [5.41, 5.74) is 8.53. The van der Waals surface area contributed by atoms with E-state index in [0.29, 0.717) is 0 Å². The standard InChI is InChI=1S/C20H17N3O8/c1-29-18(27)14-17(22)31-15-12(25)6-9(8-24)30-16(15)20(14)10-4-2-3-5-11(10)23(19(20)28)7-13(21)26/h2-6,24H,7-8,22H2,1H3,(H2,21,26)/t20-/m0/s1. The first kappa shape index (κ1) is 20.2. The van der Waals surface area contributed by atoms with Gasteiger partial charge in [-0.2, -0.15) is 0 Å². The van der Waals surface area contributed by atoms with Crippen molar-refractivity contribution in [1.82, 2.24) is 0 Å². The number of esters is 1. The highest BCUT2D eigenvalue weighted by atomic mass is 16.5. The minimum Gasteiger partial charge on any atom is -0.465 e. The first-order valence-electron chi connectivity index (χ1n) is 9.01. The normalized spacial score (nSPS) is 19.2. The summed E-state index contributed by atoms with van der Waals surface area (Å²) >= 11 is 0. The Morgan fingerprint density at radius 1 is 1.26 bits per heavy atom. The Bertz CT molecular complexity index is 1230. The number of para-hydroxylation sites is 1. The Hall–Kier alpha value is -4.12. The Morgan fingerprint density at radius 3 is 2.61 bits per heavy atom. The molecule has 160 valence electrons. The highest BCUT2D eigenvalue weighted by molar-refractivity contribution is 6.19. The quantitative estimate of drug-likeness (QED) is 0.516. The summed E-state index contributed by atoms with van der Waals surface area (Å²) in [5.74, 6) is -4.13. The van der Waals surface area contributed by atoms with Gasteiger partial charge < -0.3 is 35.4 Å². The molecule has 2 amide bonds. The number of nitrogens with two attached hydrogens (primary N) is 2. The average molecular weight is 427 g/mol. The second-order valence-electron chi connectivity index (χ2n) is 6.85. The van der Waals surface area contributed by atoms with Crippen molar-refractivity contribution in [3.63, 3.8) is 0 Å². The molecule has 0 saturated carbocycles.